The predicted molar refractivity (Wildman–Crippen MR) is 129 cm³/mol. The molecule has 0 aromatic heterocycles. The van der Waals surface area contributed by atoms with Gasteiger partial charge in [-0.3, -0.25) is 9.79 Å². The number of carbonyl (C=O) groups excluding carboxylic acids is 1. The fourth-order valence-electron chi connectivity index (χ4n) is 4.25. The molecule has 2 aromatic rings. The molecule has 3 aliphatic rings. The predicted octanol–water partition coefficient (Wildman–Crippen LogP) is 3.66. The second-order valence-electron chi connectivity index (χ2n) is 8.29. The lowest BCUT2D eigenvalue weighted by Crippen LogP contribution is -2.60. The molecule has 4 unspecified atom stereocenters. The second kappa shape index (κ2) is 9.85. The Balaban J connectivity index is 1.35. The number of aliphatic imine (C=N–C) groups is 1. The average Bonchev–Trinajstić information content (AvgIpc) is 2.79. The number of hydrogen-bond donors (Lipinski definition) is 1. The second-order valence-corrected chi connectivity index (χ2v) is 10.3. The highest BCUT2D eigenvalue weighted by atomic mass is 79.9. The van der Waals surface area contributed by atoms with E-state index in [2.05, 4.69) is 27.6 Å². The van der Waals surface area contributed by atoms with Crippen LogP contribution < -0.4 is 0 Å². The molecule has 9 heteroatoms. The standard InChI is InChI=1S/C24H25BrN2O5S/c1-26-19-20(28)24(31-17-13-30-23(32-21(17)19)14-6-3-2-4-7-14)33-18-12-15(25)8-9-16(18)22(29)27-10-5-11-27/h2-4,6-9,12,17,19-21,23-24,28H,1,5,10-11,13H2/t17?,19?,20?,21-,23?,24+/m0/s1. The van der Waals surface area contributed by atoms with Crippen LogP contribution in [0.15, 0.2) is 62.9 Å². The minimum Gasteiger partial charge on any atom is -0.387 e. The third-order valence-electron chi connectivity index (χ3n) is 6.18. The maximum Gasteiger partial charge on any atom is 0.254 e. The molecule has 2 aromatic carbocycles. The lowest BCUT2D eigenvalue weighted by molar-refractivity contribution is -0.296. The van der Waals surface area contributed by atoms with E-state index in [-0.39, 0.29) is 5.91 Å². The lowest BCUT2D eigenvalue weighted by Gasteiger charge is -2.46. The van der Waals surface area contributed by atoms with Crippen LogP contribution >= 0.6 is 27.7 Å². The molecule has 3 saturated heterocycles. The van der Waals surface area contributed by atoms with Gasteiger partial charge in [0.15, 0.2) is 6.29 Å². The van der Waals surface area contributed by atoms with Gasteiger partial charge >= 0.3 is 0 Å². The number of halogens is 1. The Bertz CT molecular complexity index is 1020. The van der Waals surface area contributed by atoms with Gasteiger partial charge in [0, 0.05) is 28.0 Å². The van der Waals surface area contributed by atoms with Gasteiger partial charge in [0.2, 0.25) is 0 Å². The molecular formula is C24H25BrN2O5S. The van der Waals surface area contributed by atoms with Gasteiger partial charge in [-0.15, -0.1) is 0 Å². The van der Waals surface area contributed by atoms with Gasteiger partial charge in [0.05, 0.1) is 12.2 Å². The number of ether oxygens (including phenoxy) is 3. The van der Waals surface area contributed by atoms with Crippen LogP contribution in [0.25, 0.3) is 0 Å². The smallest absolute Gasteiger partial charge is 0.254 e. The van der Waals surface area contributed by atoms with E-state index in [4.69, 9.17) is 14.2 Å². The zero-order chi connectivity index (χ0) is 22.9. The van der Waals surface area contributed by atoms with Crippen molar-refractivity contribution in [2.24, 2.45) is 4.99 Å². The van der Waals surface area contributed by atoms with Crippen molar-refractivity contribution in [3.05, 3.63) is 64.1 Å². The minimum absolute atomic E-state index is 0.00661. The van der Waals surface area contributed by atoms with Crippen LogP contribution in [0.1, 0.15) is 28.6 Å². The Morgan fingerprint density at radius 3 is 2.67 bits per heavy atom. The molecular weight excluding hydrogens is 508 g/mol. The zero-order valence-corrected chi connectivity index (χ0v) is 20.3. The molecule has 33 heavy (non-hydrogen) atoms. The Hall–Kier alpha value is -1.75. The van der Waals surface area contributed by atoms with Crippen LogP contribution in [0.3, 0.4) is 0 Å². The third kappa shape index (κ3) is 4.62. The molecule has 0 aliphatic carbocycles. The summed E-state index contributed by atoms with van der Waals surface area (Å²) in [5.41, 5.74) is 0.844. The molecule has 5 rings (SSSR count). The SMILES string of the molecule is C=NC1C(O)[C@@H](Sc2cc(Br)ccc2C(=O)N2CCC2)OC2COC(c3ccccc3)O[C@@H]21. The first-order chi connectivity index (χ1) is 16.0. The van der Waals surface area contributed by atoms with E-state index in [0.717, 1.165) is 34.4 Å². The van der Waals surface area contributed by atoms with Gasteiger partial charge in [-0.2, -0.15) is 0 Å². The van der Waals surface area contributed by atoms with Crippen molar-refractivity contribution < 1.29 is 24.1 Å². The van der Waals surface area contributed by atoms with Crippen molar-refractivity contribution in [2.45, 2.75) is 47.4 Å². The summed E-state index contributed by atoms with van der Waals surface area (Å²) < 4.78 is 19.2. The summed E-state index contributed by atoms with van der Waals surface area (Å²) in [7, 11) is 0. The van der Waals surface area contributed by atoms with Gasteiger partial charge in [0.25, 0.3) is 5.91 Å². The van der Waals surface area contributed by atoms with E-state index in [1.165, 1.54) is 11.8 Å². The van der Waals surface area contributed by atoms with Gasteiger partial charge in [-0.05, 0) is 31.3 Å². The maximum absolute atomic E-state index is 12.9. The minimum atomic E-state index is -0.964. The number of amides is 1. The molecule has 6 atom stereocenters. The summed E-state index contributed by atoms with van der Waals surface area (Å²) in [6.07, 6.45) is -1.40. The van der Waals surface area contributed by atoms with E-state index in [0.29, 0.717) is 12.2 Å². The molecule has 3 heterocycles. The first-order valence-electron chi connectivity index (χ1n) is 10.9. The quantitative estimate of drug-likeness (QED) is 0.592. The number of likely N-dealkylation sites (tertiary alicyclic amines) is 1. The molecule has 0 radical (unpaired) electrons. The van der Waals surface area contributed by atoms with E-state index in [9.17, 15) is 9.90 Å². The monoisotopic (exact) mass is 532 g/mol. The van der Waals surface area contributed by atoms with Gasteiger partial charge < -0.3 is 24.2 Å². The summed E-state index contributed by atoms with van der Waals surface area (Å²) in [5, 5.41) is 11.1. The molecule has 174 valence electrons. The first-order valence-corrected chi connectivity index (χ1v) is 12.6. The maximum atomic E-state index is 12.9. The number of nitrogens with zero attached hydrogens (tertiary/aromatic N) is 2. The van der Waals surface area contributed by atoms with Crippen molar-refractivity contribution in [1.82, 2.24) is 4.90 Å². The largest absolute Gasteiger partial charge is 0.387 e. The molecule has 3 aliphatic heterocycles. The Morgan fingerprint density at radius 1 is 1.18 bits per heavy atom. The fraction of sp³-hybridized carbons (Fsp3) is 0.417. The third-order valence-corrected chi connectivity index (χ3v) is 7.88. The number of carbonyl (C=O) groups is 1. The van der Waals surface area contributed by atoms with E-state index in [1.807, 2.05) is 53.4 Å². The van der Waals surface area contributed by atoms with Crippen molar-refractivity contribution in [3.63, 3.8) is 0 Å². The van der Waals surface area contributed by atoms with Gasteiger partial charge in [-0.1, -0.05) is 58.0 Å². The van der Waals surface area contributed by atoms with Gasteiger partial charge in [-0.25, -0.2) is 0 Å². The summed E-state index contributed by atoms with van der Waals surface area (Å²) in [5.74, 6) is -0.00661. The van der Waals surface area contributed by atoms with Crippen LogP contribution in [0, 0.1) is 0 Å². The molecule has 0 saturated carbocycles. The summed E-state index contributed by atoms with van der Waals surface area (Å²) in [6.45, 7) is 5.54. The molecule has 0 bridgehead atoms. The summed E-state index contributed by atoms with van der Waals surface area (Å²) >= 11 is 4.81. The molecule has 7 nitrogen and oxygen atoms in total. The highest BCUT2D eigenvalue weighted by Crippen LogP contribution is 2.41. The topological polar surface area (TPSA) is 80.6 Å². The Labute approximate surface area is 205 Å². The fourth-order valence-corrected chi connectivity index (χ4v) is 5.99. The van der Waals surface area contributed by atoms with Gasteiger partial charge in [0.1, 0.15) is 29.8 Å². The molecule has 1 N–H and O–H groups in total. The number of fused-ring (bicyclic) bond motifs is 1. The van der Waals surface area contributed by atoms with Crippen LogP contribution in [0.2, 0.25) is 0 Å². The Kier molecular flexibility index (Phi) is 6.87. The molecule has 1 amide bonds. The molecule has 0 spiro atoms. The zero-order valence-electron chi connectivity index (χ0n) is 17.9. The normalized spacial score (nSPS) is 31.4. The number of hydrogen-bond acceptors (Lipinski definition) is 7. The number of aliphatic hydroxyl groups is 1. The number of thioether (sulfide) groups is 1. The summed E-state index contributed by atoms with van der Waals surface area (Å²) in [4.78, 5) is 19.7. The van der Waals surface area contributed by atoms with Crippen LogP contribution in [0.5, 0.6) is 0 Å². The van der Waals surface area contributed by atoms with Crippen LogP contribution in [-0.2, 0) is 14.2 Å². The average molecular weight is 533 g/mol. The summed E-state index contributed by atoms with van der Waals surface area (Å²) in [6, 6.07) is 14.6. The van der Waals surface area contributed by atoms with E-state index in [1.54, 1.807) is 0 Å². The van der Waals surface area contributed by atoms with Crippen molar-refractivity contribution >= 4 is 40.3 Å². The van der Waals surface area contributed by atoms with Crippen molar-refractivity contribution in [3.8, 4) is 0 Å². The first kappa shape index (κ1) is 23.0. The van der Waals surface area contributed by atoms with E-state index >= 15 is 0 Å². The van der Waals surface area contributed by atoms with Crippen molar-refractivity contribution in [2.75, 3.05) is 19.7 Å². The highest BCUT2D eigenvalue weighted by molar-refractivity contribution is 9.10. The molecule has 3 fully saturated rings. The number of aliphatic hydroxyl groups excluding tert-OH is 1. The number of rotatable bonds is 5. The number of benzene rings is 2. The highest BCUT2D eigenvalue weighted by Gasteiger charge is 2.49. The van der Waals surface area contributed by atoms with Crippen LogP contribution in [-0.4, -0.2) is 72.1 Å². The Morgan fingerprint density at radius 2 is 1.97 bits per heavy atom. The lowest BCUT2D eigenvalue weighted by atomic mass is 9.96. The van der Waals surface area contributed by atoms with Crippen LogP contribution in [0.4, 0.5) is 0 Å². The van der Waals surface area contributed by atoms with Crippen molar-refractivity contribution in [1.29, 1.82) is 0 Å². The van der Waals surface area contributed by atoms with E-state index < -0.39 is 36.1 Å².